The first-order valence-corrected chi connectivity index (χ1v) is 3.65. The van der Waals surface area contributed by atoms with Gasteiger partial charge in [-0.3, -0.25) is 4.79 Å². The van der Waals surface area contributed by atoms with E-state index in [9.17, 15) is 4.79 Å². The van der Waals surface area contributed by atoms with E-state index in [0.29, 0.717) is 6.42 Å². The van der Waals surface area contributed by atoms with Gasteiger partial charge in [0.2, 0.25) is 0 Å². The molecular weight excluding hydrogens is 128 g/mol. The largest absolute Gasteiger partial charge is 0.458 e. The molecule has 0 amide bonds. The Labute approximate surface area is 60.9 Å². The average molecular weight is 140 g/mol. The fraction of sp³-hybridized carbons (Fsp3) is 0.625. The molecule has 2 heteroatoms. The van der Waals surface area contributed by atoms with Gasteiger partial charge in [-0.1, -0.05) is 12.7 Å². The summed E-state index contributed by atoms with van der Waals surface area (Å²) in [5.74, 6) is -0.0811. The fourth-order valence-electron chi connectivity index (χ4n) is 1.07. The van der Waals surface area contributed by atoms with Crippen LogP contribution in [-0.2, 0) is 9.53 Å². The van der Waals surface area contributed by atoms with Crippen molar-refractivity contribution in [1.82, 2.24) is 0 Å². The molecular formula is C8H12O2. The molecule has 1 rings (SSSR count). The van der Waals surface area contributed by atoms with Crippen molar-refractivity contribution in [2.45, 2.75) is 31.8 Å². The van der Waals surface area contributed by atoms with Crippen molar-refractivity contribution in [2.75, 3.05) is 0 Å². The van der Waals surface area contributed by atoms with Gasteiger partial charge in [-0.15, -0.1) is 0 Å². The third-order valence-corrected chi connectivity index (χ3v) is 1.67. The third-order valence-electron chi connectivity index (χ3n) is 1.67. The van der Waals surface area contributed by atoms with E-state index in [1.807, 2.05) is 0 Å². The minimum Gasteiger partial charge on any atom is -0.458 e. The van der Waals surface area contributed by atoms with Gasteiger partial charge in [0.25, 0.3) is 0 Å². The molecule has 0 saturated carbocycles. The van der Waals surface area contributed by atoms with Gasteiger partial charge in [-0.2, -0.15) is 0 Å². The molecule has 0 N–H and O–H groups in total. The topological polar surface area (TPSA) is 26.3 Å². The lowest BCUT2D eigenvalue weighted by molar-refractivity contribution is -0.145. The summed E-state index contributed by atoms with van der Waals surface area (Å²) < 4.78 is 5.00. The Hall–Kier alpha value is -0.790. The van der Waals surface area contributed by atoms with Crippen LogP contribution >= 0.6 is 0 Å². The standard InChI is InChI=1S/C8H12O2/c1-2-7-5-3-4-6-8(9)10-7/h2,7H,1,3-6H2. The Morgan fingerprint density at radius 1 is 1.60 bits per heavy atom. The number of cyclic esters (lactones) is 1. The van der Waals surface area contributed by atoms with Crippen LogP contribution in [0, 0.1) is 0 Å². The first kappa shape index (κ1) is 7.32. The van der Waals surface area contributed by atoms with Crippen molar-refractivity contribution in [2.24, 2.45) is 0 Å². The van der Waals surface area contributed by atoms with Crippen LogP contribution < -0.4 is 0 Å². The Kier molecular flexibility index (Phi) is 2.49. The zero-order valence-corrected chi connectivity index (χ0v) is 6.01. The minimum atomic E-state index is -0.0811. The second kappa shape index (κ2) is 3.40. The van der Waals surface area contributed by atoms with Crippen molar-refractivity contribution in [1.29, 1.82) is 0 Å². The highest BCUT2D eigenvalue weighted by atomic mass is 16.5. The fourth-order valence-corrected chi connectivity index (χ4v) is 1.07. The van der Waals surface area contributed by atoms with E-state index in [1.54, 1.807) is 6.08 Å². The van der Waals surface area contributed by atoms with Crippen LogP contribution in [0.15, 0.2) is 12.7 Å². The van der Waals surface area contributed by atoms with E-state index in [4.69, 9.17) is 4.74 Å². The molecule has 10 heavy (non-hydrogen) atoms. The molecule has 0 aromatic heterocycles. The Bertz CT molecular complexity index is 140. The van der Waals surface area contributed by atoms with Crippen LogP contribution in [0.3, 0.4) is 0 Å². The summed E-state index contributed by atoms with van der Waals surface area (Å²) in [7, 11) is 0. The molecule has 0 spiro atoms. The van der Waals surface area contributed by atoms with Gasteiger partial charge in [0.05, 0.1) is 0 Å². The number of esters is 1. The minimum absolute atomic E-state index is 0.0324. The first-order chi connectivity index (χ1) is 4.83. The molecule has 0 aromatic carbocycles. The number of carbonyl (C=O) groups is 1. The van der Waals surface area contributed by atoms with Crippen LogP contribution in [0.25, 0.3) is 0 Å². The molecule has 1 unspecified atom stereocenters. The smallest absolute Gasteiger partial charge is 0.306 e. The van der Waals surface area contributed by atoms with Gasteiger partial charge in [-0.05, 0) is 19.3 Å². The van der Waals surface area contributed by atoms with Crippen molar-refractivity contribution >= 4 is 5.97 Å². The molecule has 0 aliphatic carbocycles. The third kappa shape index (κ3) is 1.87. The molecule has 0 aromatic rings. The van der Waals surface area contributed by atoms with E-state index in [0.717, 1.165) is 19.3 Å². The second-order valence-electron chi connectivity index (χ2n) is 2.51. The molecule has 1 saturated heterocycles. The molecule has 1 atom stereocenters. The van der Waals surface area contributed by atoms with Gasteiger partial charge < -0.3 is 4.74 Å². The van der Waals surface area contributed by atoms with Crippen LogP contribution in [0.5, 0.6) is 0 Å². The SMILES string of the molecule is C=CC1CCCCC(=O)O1. The van der Waals surface area contributed by atoms with E-state index in [1.165, 1.54) is 0 Å². The highest BCUT2D eigenvalue weighted by Crippen LogP contribution is 2.14. The van der Waals surface area contributed by atoms with Gasteiger partial charge in [-0.25, -0.2) is 0 Å². The zero-order chi connectivity index (χ0) is 7.40. The highest BCUT2D eigenvalue weighted by molar-refractivity contribution is 5.69. The predicted molar refractivity (Wildman–Crippen MR) is 38.5 cm³/mol. The Morgan fingerprint density at radius 2 is 2.40 bits per heavy atom. The Morgan fingerprint density at radius 3 is 3.10 bits per heavy atom. The quantitative estimate of drug-likeness (QED) is 0.409. The second-order valence-corrected chi connectivity index (χ2v) is 2.51. The molecule has 1 aliphatic rings. The van der Waals surface area contributed by atoms with Crippen LogP contribution in [0.4, 0.5) is 0 Å². The van der Waals surface area contributed by atoms with Crippen LogP contribution in [-0.4, -0.2) is 12.1 Å². The van der Waals surface area contributed by atoms with Crippen molar-refractivity contribution in [3.63, 3.8) is 0 Å². The predicted octanol–water partition coefficient (Wildman–Crippen LogP) is 1.66. The van der Waals surface area contributed by atoms with Gasteiger partial charge >= 0.3 is 5.97 Å². The number of hydrogen-bond acceptors (Lipinski definition) is 2. The lowest BCUT2D eigenvalue weighted by Gasteiger charge is -2.07. The van der Waals surface area contributed by atoms with Gasteiger partial charge in [0.15, 0.2) is 0 Å². The molecule has 0 radical (unpaired) electrons. The first-order valence-electron chi connectivity index (χ1n) is 3.65. The highest BCUT2D eigenvalue weighted by Gasteiger charge is 2.14. The molecule has 56 valence electrons. The number of ether oxygens (including phenoxy) is 1. The van der Waals surface area contributed by atoms with Gasteiger partial charge in [0, 0.05) is 6.42 Å². The molecule has 1 fully saturated rings. The summed E-state index contributed by atoms with van der Waals surface area (Å²) in [6.45, 7) is 3.58. The maximum absolute atomic E-state index is 10.8. The lowest BCUT2D eigenvalue weighted by atomic mass is 10.1. The molecule has 1 aliphatic heterocycles. The van der Waals surface area contributed by atoms with Crippen LogP contribution in [0.2, 0.25) is 0 Å². The van der Waals surface area contributed by atoms with Gasteiger partial charge in [0.1, 0.15) is 6.10 Å². The summed E-state index contributed by atoms with van der Waals surface area (Å²) >= 11 is 0. The number of hydrogen-bond donors (Lipinski definition) is 0. The zero-order valence-electron chi connectivity index (χ0n) is 6.01. The maximum Gasteiger partial charge on any atom is 0.306 e. The van der Waals surface area contributed by atoms with Crippen molar-refractivity contribution in [3.8, 4) is 0 Å². The maximum atomic E-state index is 10.8. The van der Waals surface area contributed by atoms with E-state index in [2.05, 4.69) is 6.58 Å². The van der Waals surface area contributed by atoms with E-state index >= 15 is 0 Å². The molecule has 1 heterocycles. The van der Waals surface area contributed by atoms with Crippen molar-refractivity contribution in [3.05, 3.63) is 12.7 Å². The summed E-state index contributed by atoms with van der Waals surface area (Å²) in [6, 6.07) is 0. The van der Waals surface area contributed by atoms with Crippen LogP contribution in [0.1, 0.15) is 25.7 Å². The van der Waals surface area contributed by atoms with E-state index < -0.39 is 0 Å². The number of rotatable bonds is 1. The summed E-state index contributed by atoms with van der Waals surface area (Å²) in [5.41, 5.74) is 0. The summed E-state index contributed by atoms with van der Waals surface area (Å²) in [4.78, 5) is 10.8. The molecule has 2 nitrogen and oxygen atoms in total. The average Bonchev–Trinajstić information content (AvgIpc) is 2.13. The summed E-state index contributed by atoms with van der Waals surface area (Å²) in [6.07, 6.45) is 5.21. The van der Waals surface area contributed by atoms with E-state index in [-0.39, 0.29) is 12.1 Å². The monoisotopic (exact) mass is 140 g/mol. The van der Waals surface area contributed by atoms with Crippen molar-refractivity contribution < 1.29 is 9.53 Å². The summed E-state index contributed by atoms with van der Waals surface area (Å²) in [5, 5.41) is 0. The Balaban J connectivity index is 2.45. The normalized spacial score (nSPS) is 26.8. The lowest BCUT2D eigenvalue weighted by Crippen LogP contribution is -2.11. The molecule has 0 bridgehead atoms. The number of carbonyl (C=O) groups excluding carboxylic acids is 1.